The van der Waals surface area contributed by atoms with Crippen LogP contribution in [0.1, 0.15) is 0 Å². The lowest BCUT2D eigenvalue weighted by molar-refractivity contribution is -0.112. The van der Waals surface area contributed by atoms with E-state index in [0.717, 1.165) is 11.4 Å². The van der Waals surface area contributed by atoms with E-state index in [-0.39, 0.29) is 18.2 Å². The lowest BCUT2D eigenvalue weighted by Crippen LogP contribution is -2.37. The van der Waals surface area contributed by atoms with E-state index in [9.17, 15) is 13.2 Å². The van der Waals surface area contributed by atoms with Gasteiger partial charge in [0, 0.05) is 29.8 Å². The number of hydrogen-bond donors (Lipinski definition) is 2. The molecule has 142 valence electrons. The highest BCUT2D eigenvalue weighted by Gasteiger charge is 2.24. The Morgan fingerprint density at radius 2 is 1.61 bits per heavy atom. The number of nitrogens with one attached hydrogen (secondary N) is 2. The van der Waals surface area contributed by atoms with Gasteiger partial charge in [-0.25, -0.2) is 8.42 Å². The fourth-order valence-corrected chi connectivity index (χ4v) is 3.83. The minimum Gasteiger partial charge on any atom is -0.356 e. The topological polar surface area (TPSA) is 90.9 Å². The Kier molecular flexibility index (Phi) is 4.70. The lowest BCUT2D eigenvalue weighted by atomic mass is 10.1. The lowest BCUT2D eigenvalue weighted by Gasteiger charge is -2.26. The molecule has 2 aromatic rings. The van der Waals surface area contributed by atoms with Crippen molar-refractivity contribution in [2.75, 3.05) is 22.9 Å². The van der Waals surface area contributed by atoms with Gasteiger partial charge in [-0.15, -0.1) is 4.40 Å². The highest BCUT2D eigenvalue weighted by atomic mass is 32.2. The summed E-state index contributed by atoms with van der Waals surface area (Å²) in [7, 11) is -3.41. The molecule has 7 nitrogen and oxygen atoms in total. The van der Waals surface area contributed by atoms with Gasteiger partial charge in [0.25, 0.3) is 15.9 Å². The van der Waals surface area contributed by atoms with Crippen LogP contribution in [0.2, 0.25) is 0 Å². The number of amides is 1. The van der Waals surface area contributed by atoms with E-state index in [0.29, 0.717) is 17.1 Å². The monoisotopic (exact) mass is 394 g/mol. The largest absolute Gasteiger partial charge is 0.356 e. The number of fused-ring (bicyclic) bond motifs is 1. The summed E-state index contributed by atoms with van der Waals surface area (Å²) >= 11 is 0. The van der Waals surface area contributed by atoms with Crippen molar-refractivity contribution in [2.24, 2.45) is 4.40 Å². The molecule has 0 aromatic heterocycles. The number of benzene rings is 2. The molecular formula is C20H18N4O3S. The molecule has 0 aliphatic carbocycles. The fourth-order valence-electron chi connectivity index (χ4n) is 2.86. The van der Waals surface area contributed by atoms with Crippen molar-refractivity contribution in [1.82, 2.24) is 4.90 Å². The van der Waals surface area contributed by atoms with Crippen LogP contribution in [0.15, 0.2) is 82.9 Å². The highest BCUT2D eigenvalue weighted by Crippen LogP contribution is 2.20. The summed E-state index contributed by atoms with van der Waals surface area (Å²) < 4.78 is 26.8. The van der Waals surface area contributed by atoms with Crippen LogP contribution in [0, 0.1) is 0 Å². The molecule has 0 unspecified atom stereocenters. The predicted molar refractivity (Wildman–Crippen MR) is 110 cm³/mol. The molecule has 2 N–H and O–H groups in total. The van der Waals surface area contributed by atoms with Gasteiger partial charge in [-0.1, -0.05) is 18.2 Å². The molecule has 2 aliphatic rings. The van der Waals surface area contributed by atoms with E-state index in [1.807, 2.05) is 54.6 Å². The minimum atomic E-state index is -3.41. The number of hydrogen-bond acceptors (Lipinski definition) is 5. The van der Waals surface area contributed by atoms with Crippen molar-refractivity contribution in [1.29, 1.82) is 0 Å². The van der Waals surface area contributed by atoms with Gasteiger partial charge in [0.05, 0.1) is 11.3 Å². The molecule has 28 heavy (non-hydrogen) atoms. The summed E-state index contributed by atoms with van der Waals surface area (Å²) in [6, 6.07) is 17.2. The zero-order chi connectivity index (χ0) is 19.6. The average Bonchev–Trinajstić information content (AvgIpc) is 2.69. The quantitative estimate of drug-likeness (QED) is 0.832. The van der Waals surface area contributed by atoms with Crippen molar-refractivity contribution in [3.8, 4) is 0 Å². The van der Waals surface area contributed by atoms with E-state index < -0.39 is 10.0 Å². The zero-order valence-electron chi connectivity index (χ0n) is 14.9. The minimum absolute atomic E-state index is 0.0639. The number of amidine groups is 1. The summed E-state index contributed by atoms with van der Waals surface area (Å²) in [5.74, 6) is -0.00217. The molecule has 4 rings (SSSR count). The second kappa shape index (κ2) is 7.32. The van der Waals surface area contributed by atoms with Gasteiger partial charge in [-0.3, -0.25) is 4.79 Å². The third kappa shape index (κ3) is 4.12. The number of sulfonamides is 1. The van der Waals surface area contributed by atoms with Gasteiger partial charge in [0.2, 0.25) is 0 Å². The third-order valence-corrected chi connectivity index (χ3v) is 5.46. The smallest absolute Gasteiger partial charge is 0.257 e. The van der Waals surface area contributed by atoms with Crippen LogP contribution in [0.5, 0.6) is 0 Å². The first kappa shape index (κ1) is 18.0. The molecule has 2 heterocycles. The second-order valence-corrected chi connectivity index (χ2v) is 8.12. The summed E-state index contributed by atoms with van der Waals surface area (Å²) in [5, 5.41) is 6.12. The van der Waals surface area contributed by atoms with Gasteiger partial charge in [0.15, 0.2) is 0 Å². The molecule has 0 atom stereocenters. The average molecular weight is 394 g/mol. The van der Waals surface area contributed by atoms with Crippen molar-refractivity contribution < 1.29 is 13.2 Å². The molecule has 0 fully saturated rings. The maximum Gasteiger partial charge on any atom is 0.257 e. The van der Waals surface area contributed by atoms with Crippen molar-refractivity contribution in [3.63, 3.8) is 0 Å². The molecule has 8 heteroatoms. The predicted octanol–water partition coefficient (Wildman–Crippen LogP) is 2.87. The van der Waals surface area contributed by atoms with Crippen molar-refractivity contribution >= 4 is 38.8 Å². The van der Waals surface area contributed by atoms with Gasteiger partial charge >= 0.3 is 0 Å². The molecule has 0 saturated heterocycles. The van der Waals surface area contributed by atoms with E-state index in [4.69, 9.17) is 0 Å². The molecule has 0 spiro atoms. The summed E-state index contributed by atoms with van der Waals surface area (Å²) in [4.78, 5) is 14.2. The molecule has 2 aliphatic heterocycles. The molecule has 2 aromatic carbocycles. The molecule has 0 saturated carbocycles. The van der Waals surface area contributed by atoms with Crippen LogP contribution < -0.4 is 10.6 Å². The SMILES string of the molecule is O=C(Nc1ccc(Nc2ccccc2)cc1)C1=CN2CCS(=O)(=O)N=C2C=C1. The number of carbonyl (C=O) groups is 1. The zero-order valence-corrected chi connectivity index (χ0v) is 15.7. The first-order chi connectivity index (χ1) is 13.5. The van der Waals surface area contributed by atoms with Crippen LogP contribution in [0.3, 0.4) is 0 Å². The van der Waals surface area contributed by atoms with Crippen LogP contribution in [-0.4, -0.2) is 37.4 Å². The summed E-state index contributed by atoms with van der Waals surface area (Å²) in [6.45, 7) is 0.280. The van der Waals surface area contributed by atoms with E-state index in [2.05, 4.69) is 15.0 Å². The van der Waals surface area contributed by atoms with Crippen LogP contribution in [0.25, 0.3) is 0 Å². The number of carbonyl (C=O) groups excluding carboxylic acids is 1. The Hall–Kier alpha value is -3.39. The normalized spacial score (nSPS) is 17.2. The van der Waals surface area contributed by atoms with Crippen molar-refractivity contribution in [3.05, 3.63) is 78.5 Å². The Balaban J connectivity index is 1.42. The number of para-hydroxylation sites is 1. The van der Waals surface area contributed by atoms with Gasteiger partial charge in [-0.05, 0) is 48.6 Å². The Labute approximate surface area is 163 Å². The maximum absolute atomic E-state index is 12.5. The Morgan fingerprint density at radius 3 is 2.36 bits per heavy atom. The maximum atomic E-state index is 12.5. The molecular weight excluding hydrogens is 376 g/mol. The Morgan fingerprint density at radius 1 is 0.929 bits per heavy atom. The van der Waals surface area contributed by atoms with Crippen LogP contribution in [-0.2, 0) is 14.8 Å². The van der Waals surface area contributed by atoms with Crippen molar-refractivity contribution in [2.45, 2.75) is 0 Å². The highest BCUT2D eigenvalue weighted by molar-refractivity contribution is 7.90. The van der Waals surface area contributed by atoms with E-state index >= 15 is 0 Å². The fraction of sp³-hybridized carbons (Fsp3) is 0.100. The first-order valence-electron chi connectivity index (χ1n) is 8.71. The first-order valence-corrected chi connectivity index (χ1v) is 10.3. The molecule has 1 amide bonds. The third-order valence-electron chi connectivity index (χ3n) is 4.29. The number of nitrogens with zero attached hydrogens (tertiary/aromatic N) is 2. The summed E-state index contributed by atoms with van der Waals surface area (Å²) in [5.41, 5.74) is 3.00. The van der Waals surface area contributed by atoms with E-state index in [1.165, 1.54) is 0 Å². The number of anilines is 3. The van der Waals surface area contributed by atoms with Gasteiger partial charge in [0.1, 0.15) is 5.84 Å². The van der Waals surface area contributed by atoms with Crippen LogP contribution >= 0.6 is 0 Å². The van der Waals surface area contributed by atoms with Crippen LogP contribution in [0.4, 0.5) is 17.1 Å². The van der Waals surface area contributed by atoms with E-state index in [1.54, 1.807) is 23.3 Å². The van der Waals surface area contributed by atoms with Gasteiger partial charge < -0.3 is 15.5 Å². The second-order valence-electron chi connectivity index (χ2n) is 6.37. The molecule has 0 radical (unpaired) electrons. The standard InChI is InChI=1S/C20H18N4O3S/c25-20(15-6-11-19-23-28(26,27)13-12-24(19)14-15)22-18-9-7-17(8-10-18)21-16-4-2-1-3-5-16/h1-11,14,21H,12-13H2,(H,22,25). The number of rotatable bonds is 4. The molecule has 0 bridgehead atoms. The van der Waals surface area contributed by atoms with Gasteiger partial charge in [-0.2, -0.15) is 0 Å². The Bertz CT molecular complexity index is 1090. The summed E-state index contributed by atoms with van der Waals surface area (Å²) in [6.07, 6.45) is 4.73.